The van der Waals surface area contributed by atoms with E-state index < -0.39 is 0 Å². The van der Waals surface area contributed by atoms with Gasteiger partial charge in [0.2, 0.25) is 0 Å². The monoisotopic (exact) mass is 307 g/mol. The van der Waals surface area contributed by atoms with E-state index in [2.05, 4.69) is 33.0 Å². The Labute approximate surface area is 135 Å². The highest BCUT2D eigenvalue weighted by Crippen LogP contribution is 2.34. The van der Waals surface area contributed by atoms with E-state index in [1.807, 2.05) is 30.3 Å². The summed E-state index contributed by atoms with van der Waals surface area (Å²) in [6, 6.07) is 9.62. The van der Waals surface area contributed by atoms with Crippen LogP contribution in [0, 0.1) is 11.3 Å². The molecule has 0 spiro atoms. The molecule has 6 N–H and O–H groups in total. The molecule has 0 bridgehead atoms. The fraction of sp³-hybridized carbons (Fsp3) is 0.667. The molecule has 1 aromatic rings. The average Bonchev–Trinajstić information content (AvgIpc) is 2.44. The summed E-state index contributed by atoms with van der Waals surface area (Å²) in [4.78, 5) is 0. The molecule has 1 aromatic carbocycles. The first-order chi connectivity index (χ1) is 10.3. The summed E-state index contributed by atoms with van der Waals surface area (Å²) in [6.07, 6.45) is 1.81. The molecule has 4 unspecified atom stereocenters. The summed E-state index contributed by atoms with van der Waals surface area (Å²) >= 11 is 0. The summed E-state index contributed by atoms with van der Waals surface area (Å²) < 4.78 is 0. The maximum atomic E-state index is 10.4. The van der Waals surface area contributed by atoms with Gasteiger partial charge in [0.05, 0.1) is 12.3 Å². The van der Waals surface area contributed by atoms with Gasteiger partial charge < -0.3 is 21.9 Å². The van der Waals surface area contributed by atoms with Crippen molar-refractivity contribution in [1.29, 1.82) is 0 Å². The zero-order valence-electron chi connectivity index (χ0n) is 14.4. The fourth-order valence-electron chi connectivity index (χ4n) is 2.86. The first kappa shape index (κ1) is 18.9. The number of nitrogens with one attached hydrogen (secondary N) is 1. The van der Waals surface area contributed by atoms with Crippen molar-refractivity contribution in [3.05, 3.63) is 30.3 Å². The van der Waals surface area contributed by atoms with E-state index in [-0.39, 0.29) is 29.6 Å². The molecule has 0 aliphatic heterocycles. The number of rotatable bonds is 8. The number of anilines is 1. The number of aliphatic hydroxyl groups is 1. The van der Waals surface area contributed by atoms with Crippen molar-refractivity contribution in [1.82, 2.24) is 0 Å². The Morgan fingerprint density at radius 2 is 1.73 bits per heavy atom. The Bertz CT molecular complexity index is 416. The first-order valence-corrected chi connectivity index (χ1v) is 8.26. The minimum absolute atomic E-state index is 0.00132. The molecule has 0 saturated carbocycles. The maximum Gasteiger partial charge on any atom is 0.0898 e. The molecule has 1 rings (SSSR count). The molecule has 0 aromatic heterocycles. The van der Waals surface area contributed by atoms with Crippen LogP contribution in [0.3, 0.4) is 0 Å². The van der Waals surface area contributed by atoms with Crippen molar-refractivity contribution in [3.8, 4) is 0 Å². The van der Waals surface area contributed by atoms with Gasteiger partial charge in [0.25, 0.3) is 0 Å². The molecule has 0 aliphatic rings. The molecule has 126 valence electrons. The molecular weight excluding hydrogens is 274 g/mol. The van der Waals surface area contributed by atoms with Gasteiger partial charge in [0.15, 0.2) is 0 Å². The van der Waals surface area contributed by atoms with Crippen molar-refractivity contribution in [2.75, 3.05) is 5.32 Å². The zero-order chi connectivity index (χ0) is 16.8. The minimum Gasteiger partial charge on any atom is -0.393 e. The number of hydrogen-bond donors (Lipinski definition) is 4. The van der Waals surface area contributed by atoms with Gasteiger partial charge in [0, 0.05) is 11.7 Å². The van der Waals surface area contributed by atoms with E-state index in [0.29, 0.717) is 6.42 Å². The standard InChI is InChI=1S/C18H33N3O/c1-5-9-16(22)14(18(2,3)4)12-15(19)17(20)21-13-10-7-6-8-11-13/h6-8,10-11,14-17,21-22H,5,9,12,19-20H2,1-4H3. The van der Waals surface area contributed by atoms with Crippen molar-refractivity contribution < 1.29 is 5.11 Å². The van der Waals surface area contributed by atoms with Crippen LogP contribution >= 0.6 is 0 Å². The Morgan fingerprint density at radius 3 is 2.23 bits per heavy atom. The smallest absolute Gasteiger partial charge is 0.0898 e. The van der Waals surface area contributed by atoms with E-state index in [1.54, 1.807) is 0 Å². The second-order valence-electron chi connectivity index (χ2n) is 7.26. The SMILES string of the molecule is CCCC(O)C(CC(N)C(N)Nc1ccccc1)C(C)(C)C. The molecule has 22 heavy (non-hydrogen) atoms. The van der Waals surface area contributed by atoms with Gasteiger partial charge in [-0.05, 0) is 36.3 Å². The van der Waals surface area contributed by atoms with Crippen LogP contribution in [0.15, 0.2) is 30.3 Å². The van der Waals surface area contributed by atoms with Gasteiger partial charge in [-0.2, -0.15) is 0 Å². The average molecular weight is 307 g/mol. The third-order valence-electron chi connectivity index (χ3n) is 4.26. The summed E-state index contributed by atoms with van der Waals surface area (Å²) in [5, 5.41) is 13.7. The Kier molecular flexibility index (Phi) is 7.33. The van der Waals surface area contributed by atoms with Crippen molar-refractivity contribution in [2.45, 2.75) is 65.3 Å². The highest BCUT2D eigenvalue weighted by Gasteiger charge is 2.33. The molecule has 4 nitrogen and oxygen atoms in total. The third-order valence-corrected chi connectivity index (χ3v) is 4.26. The second-order valence-corrected chi connectivity index (χ2v) is 7.26. The summed E-state index contributed by atoms with van der Waals surface area (Å²) in [6.45, 7) is 8.55. The Balaban J connectivity index is 2.67. The van der Waals surface area contributed by atoms with Gasteiger partial charge in [-0.25, -0.2) is 0 Å². The van der Waals surface area contributed by atoms with Crippen molar-refractivity contribution in [3.63, 3.8) is 0 Å². The summed E-state index contributed by atoms with van der Waals surface area (Å²) in [5.74, 6) is 0.131. The zero-order valence-corrected chi connectivity index (χ0v) is 14.4. The number of para-hydroxylation sites is 1. The Hall–Kier alpha value is -1.10. The highest BCUT2D eigenvalue weighted by molar-refractivity contribution is 5.43. The molecule has 0 radical (unpaired) electrons. The largest absolute Gasteiger partial charge is 0.393 e. The molecule has 0 saturated heterocycles. The van der Waals surface area contributed by atoms with Crippen LogP contribution in [0.4, 0.5) is 5.69 Å². The minimum atomic E-state index is -0.333. The quantitative estimate of drug-likeness (QED) is 0.556. The lowest BCUT2D eigenvalue weighted by Crippen LogP contribution is -2.50. The lowest BCUT2D eigenvalue weighted by molar-refractivity contribution is 0.0259. The van der Waals surface area contributed by atoms with Crippen molar-refractivity contribution in [2.24, 2.45) is 22.8 Å². The van der Waals surface area contributed by atoms with E-state index in [1.165, 1.54) is 0 Å². The van der Waals surface area contributed by atoms with Gasteiger partial charge in [-0.15, -0.1) is 0 Å². The maximum absolute atomic E-state index is 10.4. The first-order valence-electron chi connectivity index (χ1n) is 8.26. The number of benzene rings is 1. The second kappa shape index (κ2) is 8.51. The molecule has 0 amide bonds. The van der Waals surface area contributed by atoms with E-state index in [0.717, 1.165) is 18.5 Å². The third kappa shape index (κ3) is 5.95. The lowest BCUT2D eigenvalue weighted by Gasteiger charge is -2.37. The molecule has 4 atom stereocenters. The molecule has 0 fully saturated rings. The van der Waals surface area contributed by atoms with Crippen LogP contribution < -0.4 is 16.8 Å². The molecule has 4 heteroatoms. The van der Waals surface area contributed by atoms with Gasteiger partial charge in [-0.1, -0.05) is 52.3 Å². The predicted molar refractivity (Wildman–Crippen MR) is 94.5 cm³/mol. The van der Waals surface area contributed by atoms with E-state index in [4.69, 9.17) is 11.5 Å². The predicted octanol–water partition coefficient (Wildman–Crippen LogP) is 2.92. The number of aliphatic hydroxyl groups excluding tert-OH is 1. The topological polar surface area (TPSA) is 84.3 Å². The molecule has 0 heterocycles. The van der Waals surface area contributed by atoms with Gasteiger partial charge in [-0.3, -0.25) is 0 Å². The van der Waals surface area contributed by atoms with Crippen molar-refractivity contribution >= 4 is 5.69 Å². The van der Waals surface area contributed by atoms with Crippen LogP contribution in [0.25, 0.3) is 0 Å². The van der Waals surface area contributed by atoms with Crippen LogP contribution in [-0.2, 0) is 0 Å². The number of hydrogen-bond acceptors (Lipinski definition) is 4. The van der Waals surface area contributed by atoms with E-state index >= 15 is 0 Å². The van der Waals surface area contributed by atoms with Crippen LogP contribution in [0.5, 0.6) is 0 Å². The molecule has 0 aliphatic carbocycles. The Morgan fingerprint density at radius 1 is 1.14 bits per heavy atom. The van der Waals surface area contributed by atoms with Crippen LogP contribution in [0.2, 0.25) is 0 Å². The van der Waals surface area contributed by atoms with Gasteiger partial charge >= 0.3 is 0 Å². The fourth-order valence-corrected chi connectivity index (χ4v) is 2.86. The van der Waals surface area contributed by atoms with Crippen LogP contribution in [0.1, 0.15) is 47.0 Å². The number of nitrogens with two attached hydrogens (primary N) is 2. The summed E-state index contributed by atoms with van der Waals surface area (Å²) in [5.41, 5.74) is 13.5. The lowest BCUT2D eigenvalue weighted by atomic mass is 9.73. The highest BCUT2D eigenvalue weighted by atomic mass is 16.3. The van der Waals surface area contributed by atoms with Gasteiger partial charge in [0.1, 0.15) is 0 Å². The summed E-state index contributed by atoms with van der Waals surface area (Å²) in [7, 11) is 0. The molecular formula is C18H33N3O. The van der Waals surface area contributed by atoms with Crippen LogP contribution in [-0.4, -0.2) is 23.4 Å². The normalized spacial score (nSPS) is 17.6. The van der Waals surface area contributed by atoms with E-state index in [9.17, 15) is 5.11 Å².